The van der Waals surface area contributed by atoms with Gasteiger partial charge in [-0.25, -0.2) is 0 Å². The molecule has 0 bridgehead atoms. The minimum absolute atomic E-state index is 0.0312. The Kier molecular flexibility index (Phi) is 5.44. The Balaban J connectivity index is 1.93. The minimum Gasteiger partial charge on any atom is -0.341 e. The summed E-state index contributed by atoms with van der Waals surface area (Å²) in [6.45, 7) is 10.6. The molecule has 4 atom stereocenters. The highest BCUT2D eigenvalue weighted by molar-refractivity contribution is 5.81. The maximum atomic E-state index is 12.7. The van der Waals surface area contributed by atoms with E-state index in [0.717, 1.165) is 26.2 Å². The van der Waals surface area contributed by atoms with Crippen molar-refractivity contribution in [3.8, 4) is 0 Å². The first kappa shape index (κ1) is 15.8. The number of likely N-dealkylation sites (tertiary alicyclic amines) is 2. The van der Waals surface area contributed by atoms with Crippen LogP contribution in [-0.4, -0.2) is 61.0 Å². The van der Waals surface area contributed by atoms with Gasteiger partial charge in [0.25, 0.3) is 0 Å². The van der Waals surface area contributed by atoms with Crippen LogP contribution >= 0.6 is 0 Å². The third-order valence-electron chi connectivity index (χ3n) is 4.95. The molecule has 4 heteroatoms. The molecule has 1 amide bonds. The molecule has 0 aromatic rings. The van der Waals surface area contributed by atoms with E-state index < -0.39 is 0 Å². The van der Waals surface area contributed by atoms with Crippen molar-refractivity contribution in [2.24, 2.45) is 11.8 Å². The van der Waals surface area contributed by atoms with Gasteiger partial charge in [-0.05, 0) is 51.6 Å². The molecule has 0 aliphatic carbocycles. The van der Waals surface area contributed by atoms with Gasteiger partial charge < -0.3 is 10.2 Å². The lowest BCUT2D eigenvalue weighted by atomic mass is 9.91. The van der Waals surface area contributed by atoms with Crippen molar-refractivity contribution in [1.29, 1.82) is 0 Å². The predicted octanol–water partition coefficient (Wildman–Crippen LogP) is 1.56. The van der Waals surface area contributed by atoms with E-state index >= 15 is 0 Å². The van der Waals surface area contributed by atoms with E-state index in [2.05, 4.69) is 35.9 Å². The molecule has 0 spiro atoms. The zero-order chi connectivity index (χ0) is 14.7. The van der Waals surface area contributed by atoms with Crippen molar-refractivity contribution >= 4 is 5.91 Å². The maximum absolute atomic E-state index is 12.7. The lowest BCUT2D eigenvalue weighted by Crippen LogP contribution is -2.55. The van der Waals surface area contributed by atoms with Gasteiger partial charge in [0.15, 0.2) is 0 Å². The molecule has 4 nitrogen and oxygen atoms in total. The van der Waals surface area contributed by atoms with Gasteiger partial charge in [-0.2, -0.15) is 0 Å². The van der Waals surface area contributed by atoms with Gasteiger partial charge in [0.1, 0.15) is 0 Å². The highest BCUT2D eigenvalue weighted by Crippen LogP contribution is 2.23. The molecule has 2 saturated heterocycles. The van der Waals surface area contributed by atoms with Crippen molar-refractivity contribution < 1.29 is 4.79 Å². The monoisotopic (exact) mass is 281 g/mol. The molecule has 0 aromatic heterocycles. The Morgan fingerprint density at radius 3 is 2.45 bits per heavy atom. The van der Waals surface area contributed by atoms with Crippen LogP contribution in [0.5, 0.6) is 0 Å². The SMILES string of the molecule is CNC1CCCN(C(C)C(=O)N2CC(C)CC(C)C2)C1. The van der Waals surface area contributed by atoms with E-state index in [1.54, 1.807) is 0 Å². The largest absolute Gasteiger partial charge is 0.341 e. The van der Waals surface area contributed by atoms with Crippen LogP contribution in [0.4, 0.5) is 0 Å². The fraction of sp³-hybridized carbons (Fsp3) is 0.938. The molecule has 2 fully saturated rings. The Labute approximate surface area is 123 Å². The van der Waals surface area contributed by atoms with Crippen LogP contribution in [0.2, 0.25) is 0 Å². The molecular formula is C16H31N3O. The summed E-state index contributed by atoms with van der Waals surface area (Å²) >= 11 is 0. The first-order chi connectivity index (χ1) is 9.51. The zero-order valence-corrected chi connectivity index (χ0v) is 13.6. The number of amides is 1. The van der Waals surface area contributed by atoms with Crippen molar-refractivity contribution in [3.05, 3.63) is 0 Å². The average Bonchev–Trinajstić information content (AvgIpc) is 2.44. The molecular weight excluding hydrogens is 250 g/mol. The molecule has 2 aliphatic heterocycles. The quantitative estimate of drug-likeness (QED) is 0.853. The topological polar surface area (TPSA) is 35.6 Å². The van der Waals surface area contributed by atoms with Crippen LogP contribution in [0, 0.1) is 11.8 Å². The van der Waals surface area contributed by atoms with E-state index in [4.69, 9.17) is 0 Å². The van der Waals surface area contributed by atoms with E-state index in [-0.39, 0.29) is 6.04 Å². The number of piperidine rings is 2. The number of nitrogens with zero attached hydrogens (tertiary/aromatic N) is 2. The average molecular weight is 281 g/mol. The van der Waals surface area contributed by atoms with E-state index in [9.17, 15) is 4.79 Å². The summed E-state index contributed by atoms with van der Waals surface area (Å²) in [5.74, 6) is 1.61. The Bertz CT molecular complexity index is 324. The number of rotatable bonds is 3. The number of hydrogen-bond donors (Lipinski definition) is 1. The predicted molar refractivity (Wildman–Crippen MR) is 82.6 cm³/mol. The van der Waals surface area contributed by atoms with Crippen molar-refractivity contribution in [2.45, 2.75) is 52.1 Å². The second-order valence-corrected chi connectivity index (χ2v) is 6.99. The van der Waals surface area contributed by atoms with Crippen molar-refractivity contribution in [2.75, 3.05) is 33.2 Å². The Morgan fingerprint density at radius 2 is 1.85 bits per heavy atom. The molecule has 0 saturated carbocycles. The van der Waals surface area contributed by atoms with Gasteiger partial charge in [0, 0.05) is 25.7 Å². The number of carbonyl (C=O) groups is 1. The van der Waals surface area contributed by atoms with Crippen molar-refractivity contribution in [3.63, 3.8) is 0 Å². The van der Waals surface area contributed by atoms with Crippen LogP contribution in [0.25, 0.3) is 0 Å². The second kappa shape index (κ2) is 6.90. The van der Waals surface area contributed by atoms with E-state index in [0.29, 0.717) is 23.8 Å². The van der Waals surface area contributed by atoms with Gasteiger partial charge in [0.05, 0.1) is 6.04 Å². The summed E-state index contributed by atoms with van der Waals surface area (Å²) in [5.41, 5.74) is 0. The van der Waals surface area contributed by atoms with Gasteiger partial charge in [-0.1, -0.05) is 13.8 Å². The lowest BCUT2D eigenvalue weighted by Gasteiger charge is -2.41. The molecule has 2 heterocycles. The summed E-state index contributed by atoms with van der Waals surface area (Å²) in [6, 6.07) is 0.571. The van der Waals surface area contributed by atoms with Crippen LogP contribution in [0.15, 0.2) is 0 Å². The lowest BCUT2D eigenvalue weighted by molar-refractivity contribution is -0.139. The standard InChI is InChI=1S/C16H31N3O/c1-12-8-13(2)10-19(9-12)16(20)14(3)18-7-5-6-15(11-18)17-4/h12-15,17H,5-11H2,1-4H3. The third kappa shape index (κ3) is 3.73. The van der Waals surface area contributed by atoms with Gasteiger partial charge in [-0.3, -0.25) is 9.69 Å². The van der Waals surface area contributed by atoms with Gasteiger partial charge in [-0.15, -0.1) is 0 Å². The van der Waals surface area contributed by atoms with Crippen LogP contribution in [-0.2, 0) is 4.79 Å². The van der Waals surface area contributed by atoms with Gasteiger partial charge >= 0.3 is 0 Å². The van der Waals surface area contributed by atoms with E-state index in [1.165, 1.54) is 19.3 Å². The minimum atomic E-state index is 0.0312. The molecule has 2 rings (SSSR count). The summed E-state index contributed by atoms with van der Waals surface area (Å²) in [6.07, 6.45) is 3.67. The number of likely N-dealkylation sites (N-methyl/N-ethyl adjacent to an activating group) is 1. The van der Waals surface area contributed by atoms with Crippen LogP contribution in [0.1, 0.15) is 40.0 Å². The van der Waals surface area contributed by atoms with Gasteiger partial charge in [0.2, 0.25) is 5.91 Å². The fourth-order valence-corrected chi connectivity index (χ4v) is 3.86. The highest BCUT2D eigenvalue weighted by Gasteiger charge is 2.32. The molecule has 4 unspecified atom stereocenters. The number of carbonyl (C=O) groups excluding carboxylic acids is 1. The first-order valence-electron chi connectivity index (χ1n) is 8.21. The second-order valence-electron chi connectivity index (χ2n) is 6.99. The molecule has 0 aromatic carbocycles. The van der Waals surface area contributed by atoms with E-state index in [1.807, 2.05) is 7.05 Å². The van der Waals surface area contributed by atoms with Crippen LogP contribution in [0.3, 0.4) is 0 Å². The molecule has 2 aliphatic rings. The molecule has 20 heavy (non-hydrogen) atoms. The highest BCUT2D eigenvalue weighted by atomic mass is 16.2. The molecule has 0 radical (unpaired) electrons. The smallest absolute Gasteiger partial charge is 0.239 e. The first-order valence-corrected chi connectivity index (χ1v) is 8.21. The normalized spacial score (nSPS) is 34.0. The number of hydrogen-bond acceptors (Lipinski definition) is 3. The molecule has 1 N–H and O–H groups in total. The summed E-state index contributed by atoms with van der Waals surface area (Å²) in [4.78, 5) is 17.2. The third-order valence-corrected chi connectivity index (χ3v) is 4.95. The Morgan fingerprint density at radius 1 is 1.20 bits per heavy atom. The maximum Gasteiger partial charge on any atom is 0.239 e. The molecule has 116 valence electrons. The zero-order valence-electron chi connectivity index (χ0n) is 13.6. The summed E-state index contributed by atoms with van der Waals surface area (Å²) in [5, 5.41) is 3.35. The van der Waals surface area contributed by atoms with Crippen LogP contribution < -0.4 is 5.32 Å². The summed E-state index contributed by atoms with van der Waals surface area (Å²) in [7, 11) is 2.02. The fourth-order valence-electron chi connectivity index (χ4n) is 3.86. The van der Waals surface area contributed by atoms with Crippen molar-refractivity contribution in [1.82, 2.24) is 15.1 Å². The number of nitrogens with one attached hydrogen (secondary N) is 1. The summed E-state index contributed by atoms with van der Waals surface area (Å²) < 4.78 is 0. The Hall–Kier alpha value is -0.610.